The fourth-order valence-corrected chi connectivity index (χ4v) is 2.09. The van der Waals surface area contributed by atoms with Gasteiger partial charge in [0.25, 0.3) is 0 Å². The van der Waals surface area contributed by atoms with Crippen molar-refractivity contribution in [2.75, 3.05) is 20.1 Å². The maximum Gasteiger partial charge on any atom is 0.126 e. The maximum absolute atomic E-state index is 13.4. The quantitative estimate of drug-likeness (QED) is 0.880. The number of rotatable bonds is 5. The monoisotopic (exact) mass is 258 g/mol. The molecule has 1 rings (SSSR count). The van der Waals surface area contributed by atoms with Crippen molar-refractivity contribution >= 4 is 11.6 Å². The molecule has 0 fully saturated rings. The van der Waals surface area contributed by atoms with Crippen molar-refractivity contribution in [1.82, 2.24) is 4.90 Å². The van der Waals surface area contributed by atoms with Crippen LogP contribution in [0.15, 0.2) is 12.1 Å². The molecule has 1 atom stereocenters. The summed E-state index contributed by atoms with van der Waals surface area (Å²) in [6, 6.07) is 3.35. The molecule has 0 spiro atoms. The molecule has 2 nitrogen and oxygen atoms in total. The predicted octanol–water partition coefficient (Wildman–Crippen LogP) is 2.61. The number of hydrogen-bond acceptors (Lipinski definition) is 2. The lowest BCUT2D eigenvalue weighted by atomic mass is 10.1. The van der Waals surface area contributed by atoms with Gasteiger partial charge < -0.3 is 10.6 Å². The highest BCUT2D eigenvalue weighted by Crippen LogP contribution is 2.21. The molecule has 2 N–H and O–H groups in total. The van der Waals surface area contributed by atoms with Gasteiger partial charge in [0.05, 0.1) is 0 Å². The van der Waals surface area contributed by atoms with Crippen LogP contribution < -0.4 is 5.73 Å². The largest absolute Gasteiger partial charge is 0.327 e. The van der Waals surface area contributed by atoms with Crippen molar-refractivity contribution in [3.63, 3.8) is 0 Å². The molecule has 0 aliphatic rings. The van der Waals surface area contributed by atoms with E-state index in [1.54, 1.807) is 13.0 Å². The van der Waals surface area contributed by atoms with E-state index in [-0.39, 0.29) is 11.9 Å². The molecule has 17 heavy (non-hydrogen) atoms. The van der Waals surface area contributed by atoms with Crippen molar-refractivity contribution in [2.45, 2.75) is 26.3 Å². The Morgan fingerprint density at radius 1 is 1.47 bits per heavy atom. The van der Waals surface area contributed by atoms with Crippen molar-refractivity contribution in [1.29, 1.82) is 0 Å². The third-order valence-electron chi connectivity index (χ3n) is 2.69. The lowest BCUT2D eigenvalue weighted by Crippen LogP contribution is -2.34. The molecule has 96 valence electrons. The molecule has 0 amide bonds. The van der Waals surface area contributed by atoms with E-state index in [0.717, 1.165) is 25.1 Å². The van der Waals surface area contributed by atoms with Gasteiger partial charge in [0.15, 0.2) is 0 Å². The summed E-state index contributed by atoms with van der Waals surface area (Å²) in [7, 11) is 2.00. The lowest BCUT2D eigenvalue weighted by Gasteiger charge is -2.19. The molecule has 0 heterocycles. The standard InChI is InChI=1S/C13H20ClFN2/c1-9-6-12(14)11(7-13(9)15)4-5-17(3)8-10(2)16/h6-7,10H,4-5,8,16H2,1-3H3. The van der Waals surface area contributed by atoms with Crippen LogP contribution in [0.25, 0.3) is 0 Å². The minimum atomic E-state index is -0.195. The first-order valence-electron chi connectivity index (χ1n) is 5.78. The molecule has 0 aliphatic carbocycles. The van der Waals surface area contributed by atoms with E-state index in [9.17, 15) is 4.39 Å². The van der Waals surface area contributed by atoms with Crippen LogP contribution in [-0.2, 0) is 6.42 Å². The van der Waals surface area contributed by atoms with Gasteiger partial charge in [0.2, 0.25) is 0 Å². The van der Waals surface area contributed by atoms with Crippen molar-refractivity contribution in [3.8, 4) is 0 Å². The van der Waals surface area contributed by atoms with Crippen LogP contribution in [0.5, 0.6) is 0 Å². The summed E-state index contributed by atoms with van der Waals surface area (Å²) in [5, 5.41) is 0.637. The van der Waals surface area contributed by atoms with Crippen molar-refractivity contribution < 1.29 is 4.39 Å². The first kappa shape index (κ1) is 14.4. The average Bonchev–Trinajstić information content (AvgIpc) is 2.20. The predicted molar refractivity (Wildman–Crippen MR) is 71.0 cm³/mol. The number of nitrogens with two attached hydrogens (primary N) is 1. The molecule has 4 heteroatoms. The molecule has 1 aromatic carbocycles. The van der Waals surface area contributed by atoms with E-state index < -0.39 is 0 Å². The van der Waals surface area contributed by atoms with E-state index in [1.165, 1.54) is 6.07 Å². The van der Waals surface area contributed by atoms with E-state index in [2.05, 4.69) is 4.90 Å². The fraction of sp³-hybridized carbons (Fsp3) is 0.538. The molecule has 0 saturated heterocycles. The number of likely N-dealkylation sites (N-methyl/N-ethyl adjacent to an activating group) is 1. The zero-order valence-electron chi connectivity index (χ0n) is 10.6. The van der Waals surface area contributed by atoms with Crippen molar-refractivity contribution in [3.05, 3.63) is 34.1 Å². The van der Waals surface area contributed by atoms with Crippen LogP contribution in [0.4, 0.5) is 4.39 Å². The van der Waals surface area contributed by atoms with Gasteiger partial charge in [-0.1, -0.05) is 11.6 Å². The third kappa shape index (κ3) is 4.62. The molecule has 0 aromatic heterocycles. The van der Waals surface area contributed by atoms with Gasteiger partial charge in [-0.05, 0) is 50.6 Å². The molecule has 0 saturated carbocycles. The topological polar surface area (TPSA) is 29.3 Å². The van der Waals surface area contributed by atoms with Crippen LogP contribution in [0.3, 0.4) is 0 Å². The van der Waals surface area contributed by atoms with Gasteiger partial charge >= 0.3 is 0 Å². The molecule has 0 aliphatic heterocycles. The zero-order valence-corrected chi connectivity index (χ0v) is 11.4. The SMILES string of the molecule is Cc1cc(Cl)c(CCN(C)CC(C)N)cc1F. The summed E-state index contributed by atoms with van der Waals surface area (Å²) in [6.07, 6.45) is 0.735. The summed E-state index contributed by atoms with van der Waals surface area (Å²) < 4.78 is 13.4. The lowest BCUT2D eigenvalue weighted by molar-refractivity contribution is 0.321. The van der Waals surface area contributed by atoms with Crippen LogP contribution in [-0.4, -0.2) is 31.1 Å². The highest BCUT2D eigenvalue weighted by Gasteiger charge is 2.08. The van der Waals surface area contributed by atoms with Crippen LogP contribution in [0.2, 0.25) is 5.02 Å². The average molecular weight is 259 g/mol. The Morgan fingerprint density at radius 2 is 2.12 bits per heavy atom. The molecule has 1 aromatic rings. The molecule has 0 radical (unpaired) electrons. The van der Waals surface area contributed by atoms with Gasteiger partial charge in [-0.25, -0.2) is 4.39 Å². The maximum atomic E-state index is 13.4. The second-order valence-electron chi connectivity index (χ2n) is 4.68. The smallest absolute Gasteiger partial charge is 0.126 e. The summed E-state index contributed by atoms with van der Waals surface area (Å²) in [5.74, 6) is -0.195. The first-order valence-corrected chi connectivity index (χ1v) is 6.16. The minimum absolute atomic E-state index is 0.144. The highest BCUT2D eigenvalue weighted by molar-refractivity contribution is 6.31. The zero-order chi connectivity index (χ0) is 13.0. The number of halogens is 2. The normalized spacial score (nSPS) is 13.1. The van der Waals surface area contributed by atoms with E-state index >= 15 is 0 Å². The van der Waals surface area contributed by atoms with Crippen LogP contribution >= 0.6 is 11.6 Å². The van der Waals surface area contributed by atoms with E-state index in [0.29, 0.717) is 10.6 Å². The Morgan fingerprint density at radius 3 is 2.71 bits per heavy atom. The van der Waals surface area contributed by atoms with Crippen LogP contribution in [0, 0.1) is 12.7 Å². The third-order valence-corrected chi connectivity index (χ3v) is 3.04. The number of hydrogen-bond donors (Lipinski definition) is 1. The Labute approximate surface area is 108 Å². The fourth-order valence-electron chi connectivity index (χ4n) is 1.77. The summed E-state index contributed by atoms with van der Waals surface area (Å²) in [4.78, 5) is 2.12. The second kappa shape index (κ2) is 6.34. The van der Waals surface area contributed by atoms with E-state index in [1.807, 2.05) is 14.0 Å². The Kier molecular flexibility index (Phi) is 5.37. The van der Waals surface area contributed by atoms with Gasteiger partial charge in [0, 0.05) is 24.2 Å². The van der Waals surface area contributed by atoms with E-state index in [4.69, 9.17) is 17.3 Å². The highest BCUT2D eigenvalue weighted by atomic mass is 35.5. The van der Waals surface area contributed by atoms with Gasteiger partial charge in [-0.15, -0.1) is 0 Å². The van der Waals surface area contributed by atoms with Gasteiger partial charge in [-0.3, -0.25) is 0 Å². The molecular formula is C13H20ClFN2. The summed E-state index contributed by atoms with van der Waals surface area (Å²) in [6.45, 7) is 5.33. The Balaban J connectivity index is 2.60. The molecular weight excluding hydrogens is 239 g/mol. The minimum Gasteiger partial charge on any atom is -0.327 e. The second-order valence-corrected chi connectivity index (χ2v) is 5.09. The number of aryl methyl sites for hydroxylation is 1. The molecule has 1 unspecified atom stereocenters. The summed E-state index contributed by atoms with van der Waals surface area (Å²) in [5.41, 5.74) is 7.15. The first-order chi connectivity index (χ1) is 7.90. The number of benzene rings is 1. The Bertz CT molecular complexity index is 380. The Hall–Kier alpha value is -0.640. The molecule has 0 bridgehead atoms. The van der Waals surface area contributed by atoms with Gasteiger partial charge in [0.1, 0.15) is 5.82 Å². The number of nitrogens with zero attached hydrogens (tertiary/aromatic N) is 1. The van der Waals surface area contributed by atoms with Crippen molar-refractivity contribution in [2.24, 2.45) is 5.73 Å². The summed E-state index contributed by atoms with van der Waals surface area (Å²) >= 11 is 6.08. The van der Waals surface area contributed by atoms with Crippen LogP contribution in [0.1, 0.15) is 18.1 Å². The van der Waals surface area contributed by atoms with Gasteiger partial charge in [-0.2, -0.15) is 0 Å².